The molecule has 1 aromatic carbocycles. The van der Waals surface area contributed by atoms with E-state index in [-0.39, 0.29) is 5.97 Å². The van der Waals surface area contributed by atoms with Crippen LogP contribution in [0.5, 0.6) is 11.5 Å². The lowest BCUT2D eigenvalue weighted by molar-refractivity contribution is 0.0605. The third-order valence-corrected chi connectivity index (χ3v) is 3.86. The van der Waals surface area contributed by atoms with Crippen molar-refractivity contribution >= 4 is 28.1 Å². The van der Waals surface area contributed by atoms with Crippen LogP contribution >= 0.6 is 11.3 Å². The number of hydrogen-bond acceptors (Lipinski definition) is 7. The van der Waals surface area contributed by atoms with Gasteiger partial charge >= 0.3 is 5.97 Å². The quantitative estimate of drug-likeness (QED) is 0.856. The van der Waals surface area contributed by atoms with Crippen molar-refractivity contribution in [1.82, 2.24) is 4.98 Å². The van der Waals surface area contributed by atoms with Gasteiger partial charge in [0.2, 0.25) is 0 Å². The van der Waals surface area contributed by atoms with E-state index >= 15 is 0 Å². The van der Waals surface area contributed by atoms with Crippen LogP contribution in [-0.4, -0.2) is 32.3 Å². The molecule has 0 aliphatic rings. The third-order valence-electron chi connectivity index (χ3n) is 2.80. The van der Waals surface area contributed by atoms with E-state index in [4.69, 9.17) is 14.2 Å². The minimum absolute atomic E-state index is 0.384. The zero-order valence-corrected chi connectivity index (χ0v) is 13.0. The maximum absolute atomic E-state index is 11.6. The SMILES string of the molecule is COC(=O)c1sc(Nc2ccc(OC)c(OC)c2)nc1C. The van der Waals surface area contributed by atoms with Crippen LogP contribution in [0.15, 0.2) is 18.2 Å². The summed E-state index contributed by atoms with van der Waals surface area (Å²) in [5.74, 6) is 0.878. The molecule has 2 rings (SSSR count). The fraction of sp³-hybridized carbons (Fsp3) is 0.286. The van der Waals surface area contributed by atoms with Crippen LogP contribution in [0.3, 0.4) is 0 Å². The Balaban J connectivity index is 2.24. The average Bonchev–Trinajstić information content (AvgIpc) is 2.86. The molecule has 0 atom stereocenters. The fourth-order valence-corrected chi connectivity index (χ4v) is 2.67. The lowest BCUT2D eigenvalue weighted by Gasteiger charge is -2.09. The number of nitrogens with one attached hydrogen (secondary N) is 1. The Bertz CT molecular complexity index is 654. The summed E-state index contributed by atoms with van der Waals surface area (Å²) in [5, 5.41) is 3.75. The molecule has 1 heterocycles. The molecule has 1 aromatic heterocycles. The van der Waals surface area contributed by atoms with Crippen LogP contribution in [0.4, 0.5) is 10.8 Å². The Morgan fingerprint density at radius 2 is 1.90 bits per heavy atom. The Morgan fingerprint density at radius 1 is 1.19 bits per heavy atom. The summed E-state index contributed by atoms with van der Waals surface area (Å²) in [4.78, 5) is 16.4. The van der Waals surface area contributed by atoms with Crippen LogP contribution in [0.1, 0.15) is 15.4 Å². The molecule has 0 spiro atoms. The molecule has 2 aromatic rings. The van der Waals surface area contributed by atoms with E-state index in [1.807, 2.05) is 6.07 Å². The molecule has 21 heavy (non-hydrogen) atoms. The van der Waals surface area contributed by atoms with Crippen LogP contribution < -0.4 is 14.8 Å². The first-order chi connectivity index (χ1) is 10.1. The van der Waals surface area contributed by atoms with Crippen molar-refractivity contribution in [3.05, 3.63) is 28.8 Å². The molecule has 0 amide bonds. The van der Waals surface area contributed by atoms with E-state index in [0.717, 1.165) is 5.69 Å². The number of aryl methyl sites for hydroxylation is 1. The first-order valence-electron chi connectivity index (χ1n) is 6.13. The van der Waals surface area contributed by atoms with Gasteiger partial charge in [0.25, 0.3) is 0 Å². The smallest absolute Gasteiger partial charge is 0.350 e. The van der Waals surface area contributed by atoms with Gasteiger partial charge in [-0.25, -0.2) is 9.78 Å². The van der Waals surface area contributed by atoms with Crippen molar-refractivity contribution in [3.8, 4) is 11.5 Å². The molecule has 0 radical (unpaired) electrons. The standard InChI is InChI=1S/C14H16N2O4S/c1-8-12(13(17)20-4)21-14(15-8)16-9-5-6-10(18-2)11(7-9)19-3/h5-7H,1-4H3,(H,15,16). The zero-order chi connectivity index (χ0) is 15.4. The number of aromatic nitrogens is 1. The maximum atomic E-state index is 11.6. The highest BCUT2D eigenvalue weighted by Gasteiger charge is 2.16. The number of rotatable bonds is 5. The minimum Gasteiger partial charge on any atom is -0.493 e. The molecule has 0 unspecified atom stereocenters. The van der Waals surface area contributed by atoms with Crippen LogP contribution in [0.25, 0.3) is 0 Å². The van der Waals surface area contributed by atoms with Gasteiger partial charge in [-0.15, -0.1) is 0 Å². The highest BCUT2D eigenvalue weighted by Crippen LogP contribution is 2.32. The molecule has 0 aliphatic carbocycles. The second-order valence-corrected chi connectivity index (χ2v) is 5.12. The second kappa shape index (κ2) is 6.45. The summed E-state index contributed by atoms with van der Waals surface area (Å²) in [6.45, 7) is 1.77. The van der Waals surface area contributed by atoms with Crippen molar-refractivity contribution in [3.63, 3.8) is 0 Å². The van der Waals surface area contributed by atoms with Crippen molar-refractivity contribution in [1.29, 1.82) is 0 Å². The minimum atomic E-state index is -0.384. The Kier molecular flexibility index (Phi) is 4.64. The summed E-state index contributed by atoms with van der Waals surface area (Å²) < 4.78 is 15.1. The summed E-state index contributed by atoms with van der Waals surface area (Å²) in [7, 11) is 4.51. The Morgan fingerprint density at radius 3 is 2.52 bits per heavy atom. The number of hydrogen-bond donors (Lipinski definition) is 1. The number of ether oxygens (including phenoxy) is 3. The molecule has 112 valence electrons. The highest BCUT2D eigenvalue weighted by molar-refractivity contribution is 7.17. The molecule has 0 aliphatic heterocycles. The molecule has 0 bridgehead atoms. The summed E-state index contributed by atoms with van der Waals surface area (Å²) >= 11 is 1.24. The van der Waals surface area contributed by atoms with E-state index in [2.05, 4.69) is 10.3 Å². The maximum Gasteiger partial charge on any atom is 0.350 e. The average molecular weight is 308 g/mol. The lowest BCUT2D eigenvalue weighted by Crippen LogP contribution is -1.99. The first-order valence-corrected chi connectivity index (χ1v) is 6.95. The van der Waals surface area contributed by atoms with Gasteiger partial charge in [-0.2, -0.15) is 0 Å². The largest absolute Gasteiger partial charge is 0.493 e. The van der Waals surface area contributed by atoms with Crippen molar-refractivity contribution in [2.45, 2.75) is 6.92 Å². The first kappa shape index (κ1) is 15.1. The third kappa shape index (κ3) is 3.25. The molecular weight excluding hydrogens is 292 g/mol. The number of carbonyl (C=O) groups is 1. The summed E-state index contributed by atoms with van der Waals surface area (Å²) in [5.41, 5.74) is 1.42. The van der Waals surface area contributed by atoms with Gasteiger partial charge < -0.3 is 19.5 Å². The Hall–Kier alpha value is -2.28. The van der Waals surface area contributed by atoms with Crippen LogP contribution in [0.2, 0.25) is 0 Å². The molecule has 1 N–H and O–H groups in total. The molecule has 0 fully saturated rings. The number of anilines is 2. The highest BCUT2D eigenvalue weighted by atomic mass is 32.1. The molecule has 7 heteroatoms. The van der Waals surface area contributed by atoms with Gasteiger partial charge in [-0.05, 0) is 19.1 Å². The van der Waals surface area contributed by atoms with Gasteiger partial charge in [0.15, 0.2) is 16.6 Å². The summed E-state index contributed by atoms with van der Waals surface area (Å²) in [6.07, 6.45) is 0. The van der Waals surface area contributed by atoms with Crippen molar-refractivity contribution in [2.75, 3.05) is 26.6 Å². The number of nitrogens with zero attached hydrogens (tertiary/aromatic N) is 1. The van der Waals surface area contributed by atoms with Crippen LogP contribution in [0, 0.1) is 6.92 Å². The monoisotopic (exact) mass is 308 g/mol. The topological polar surface area (TPSA) is 69.7 Å². The Labute approximate surface area is 126 Å². The van der Waals surface area contributed by atoms with Gasteiger partial charge in [0.1, 0.15) is 4.88 Å². The van der Waals surface area contributed by atoms with Crippen molar-refractivity contribution < 1.29 is 19.0 Å². The predicted molar refractivity (Wildman–Crippen MR) is 81.0 cm³/mol. The molecule has 0 saturated heterocycles. The number of benzene rings is 1. The summed E-state index contributed by atoms with van der Waals surface area (Å²) in [6, 6.07) is 5.44. The van der Waals surface area contributed by atoms with E-state index in [1.165, 1.54) is 18.4 Å². The number of esters is 1. The molecule has 0 saturated carbocycles. The lowest BCUT2D eigenvalue weighted by atomic mass is 10.3. The van der Waals surface area contributed by atoms with E-state index in [1.54, 1.807) is 33.3 Å². The molecule has 6 nitrogen and oxygen atoms in total. The van der Waals surface area contributed by atoms with E-state index in [0.29, 0.717) is 27.2 Å². The van der Waals surface area contributed by atoms with Gasteiger partial charge in [0.05, 0.1) is 27.0 Å². The normalized spacial score (nSPS) is 10.1. The van der Waals surface area contributed by atoms with E-state index in [9.17, 15) is 4.79 Å². The number of thiazole rings is 1. The zero-order valence-electron chi connectivity index (χ0n) is 12.2. The van der Waals surface area contributed by atoms with Gasteiger partial charge in [-0.3, -0.25) is 0 Å². The number of methoxy groups -OCH3 is 3. The van der Waals surface area contributed by atoms with Crippen molar-refractivity contribution in [2.24, 2.45) is 0 Å². The predicted octanol–water partition coefficient (Wildman–Crippen LogP) is 3.00. The van der Waals surface area contributed by atoms with E-state index < -0.39 is 0 Å². The van der Waals surface area contributed by atoms with Crippen LogP contribution in [-0.2, 0) is 4.74 Å². The fourth-order valence-electron chi connectivity index (χ4n) is 1.77. The van der Waals surface area contributed by atoms with Gasteiger partial charge in [-0.1, -0.05) is 11.3 Å². The second-order valence-electron chi connectivity index (χ2n) is 4.12. The number of carbonyl (C=O) groups excluding carboxylic acids is 1. The molecular formula is C14H16N2O4S. The van der Waals surface area contributed by atoms with Gasteiger partial charge in [0, 0.05) is 11.8 Å².